The zero-order valence-corrected chi connectivity index (χ0v) is 12.5. The molecule has 1 aliphatic heterocycles. The number of piperidine rings is 1. The molecule has 1 saturated heterocycles. The van der Waals surface area contributed by atoms with Gasteiger partial charge in [-0.1, -0.05) is 12.1 Å². The maximum atomic E-state index is 13.2. The Morgan fingerprint density at radius 3 is 2.90 bits per heavy atom. The Balaban J connectivity index is 1.78. The van der Waals surface area contributed by atoms with Crippen LogP contribution in [0.3, 0.4) is 0 Å². The Morgan fingerprint density at radius 2 is 2.15 bits per heavy atom. The molecule has 2 heterocycles. The van der Waals surface area contributed by atoms with Crippen LogP contribution in [0.25, 0.3) is 0 Å². The largest absolute Gasteiger partial charge is 0.317 e. The molecule has 20 heavy (non-hydrogen) atoms. The van der Waals surface area contributed by atoms with Gasteiger partial charge in [0.15, 0.2) is 0 Å². The molecule has 0 spiro atoms. The van der Waals surface area contributed by atoms with Gasteiger partial charge in [-0.3, -0.25) is 0 Å². The van der Waals surface area contributed by atoms with Crippen molar-refractivity contribution in [2.75, 3.05) is 13.1 Å². The van der Waals surface area contributed by atoms with E-state index >= 15 is 0 Å². The van der Waals surface area contributed by atoms with Crippen molar-refractivity contribution in [3.63, 3.8) is 0 Å². The Morgan fingerprint density at radius 1 is 1.35 bits per heavy atom. The zero-order chi connectivity index (χ0) is 13.9. The molecule has 106 valence electrons. The van der Waals surface area contributed by atoms with Crippen LogP contribution in [-0.4, -0.2) is 18.1 Å². The Kier molecular flexibility index (Phi) is 4.13. The topological polar surface area (TPSA) is 24.9 Å². The molecule has 1 aromatic heterocycles. The van der Waals surface area contributed by atoms with E-state index in [1.807, 2.05) is 6.07 Å². The third-order valence-electron chi connectivity index (χ3n) is 3.83. The Hall–Kier alpha value is -1.26. The quantitative estimate of drug-likeness (QED) is 0.933. The molecular weight excluding hydrogens is 271 g/mol. The maximum absolute atomic E-state index is 13.2. The summed E-state index contributed by atoms with van der Waals surface area (Å²) in [6.45, 7) is 4.30. The number of aryl methyl sites for hydroxylation is 1. The number of halogens is 1. The minimum Gasteiger partial charge on any atom is -0.317 e. The van der Waals surface area contributed by atoms with E-state index in [1.54, 1.807) is 23.5 Å². The van der Waals surface area contributed by atoms with E-state index in [1.165, 1.54) is 23.8 Å². The lowest BCUT2D eigenvalue weighted by molar-refractivity contribution is 0.463. The normalized spacial score (nSPS) is 16.5. The van der Waals surface area contributed by atoms with Crippen molar-refractivity contribution in [2.24, 2.45) is 0 Å². The van der Waals surface area contributed by atoms with Crippen molar-refractivity contribution >= 4 is 11.3 Å². The number of nitrogens with zero attached hydrogens (tertiary/aromatic N) is 1. The smallest absolute Gasteiger partial charge is 0.123 e. The van der Waals surface area contributed by atoms with Crippen LogP contribution in [0.4, 0.5) is 4.39 Å². The second-order valence-electron chi connectivity index (χ2n) is 5.39. The predicted octanol–water partition coefficient (Wildman–Crippen LogP) is 3.65. The molecule has 1 fully saturated rings. The van der Waals surface area contributed by atoms with Crippen molar-refractivity contribution in [1.82, 2.24) is 10.3 Å². The van der Waals surface area contributed by atoms with Crippen LogP contribution in [0.5, 0.6) is 0 Å². The standard InChI is InChI=1S/C16H19FN2S/c1-11-16(13-5-7-18-8-6-13)20-15(19-11)10-12-3-2-4-14(17)9-12/h2-4,9,13,18H,5-8,10H2,1H3. The fourth-order valence-corrected chi connectivity index (χ4v) is 4.10. The fraction of sp³-hybridized carbons (Fsp3) is 0.438. The van der Waals surface area contributed by atoms with E-state index in [4.69, 9.17) is 0 Å². The molecule has 3 rings (SSSR count). The summed E-state index contributed by atoms with van der Waals surface area (Å²) in [5.74, 6) is 0.476. The van der Waals surface area contributed by atoms with Crippen LogP contribution in [0.2, 0.25) is 0 Å². The lowest BCUT2D eigenvalue weighted by atomic mass is 9.96. The molecule has 0 unspecified atom stereocenters. The van der Waals surface area contributed by atoms with Crippen LogP contribution in [0, 0.1) is 12.7 Å². The molecule has 2 nitrogen and oxygen atoms in total. The lowest BCUT2D eigenvalue weighted by Crippen LogP contribution is -2.26. The maximum Gasteiger partial charge on any atom is 0.123 e. The summed E-state index contributed by atoms with van der Waals surface area (Å²) in [6, 6.07) is 6.81. The van der Waals surface area contributed by atoms with E-state index in [9.17, 15) is 4.39 Å². The first-order valence-corrected chi connectivity index (χ1v) is 7.95. The van der Waals surface area contributed by atoms with Crippen LogP contribution in [-0.2, 0) is 6.42 Å². The van der Waals surface area contributed by atoms with E-state index in [-0.39, 0.29) is 5.82 Å². The van der Waals surface area contributed by atoms with Crippen molar-refractivity contribution in [3.05, 3.63) is 51.2 Å². The van der Waals surface area contributed by atoms with Crippen LogP contribution in [0.15, 0.2) is 24.3 Å². The third kappa shape index (κ3) is 3.07. The number of thiazole rings is 1. The van der Waals surface area contributed by atoms with Crippen LogP contribution >= 0.6 is 11.3 Å². The second kappa shape index (κ2) is 6.02. The molecule has 0 radical (unpaired) electrons. The molecule has 4 heteroatoms. The Labute approximate surface area is 123 Å². The van der Waals surface area contributed by atoms with Crippen LogP contribution < -0.4 is 5.32 Å². The zero-order valence-electron chi connectivity index (χ0n) is 11.7. The summed E-state index contributed by atoms with van der Waals surface area (Å²) in [5, 5.41) is 4.50. The van der Waals surface area contributed by atoms with Gasteiger partial charge in [0.1, 0.15) is 5.82 Å². The minimum absolute atomic E-state index is 0.172. The molecule has 0 atom stereocenters. The first-order chi connectivity index (χ1) is 9.72. The predicted molar refractivity (Wildman–Crippen MR) is 80.9 cm³/mol. The summed E-state index contributed by atoms with van der Waals surface area (Å²) in [5.41, 5.74) is 2.16. The van der Waals surface area contributed by atoms with E-state index in [0.717, 1.165) is 35.8 Å². The first kappa shape index (κ1) is 13.7. The van der Waals surface area contributed by atoms with Gasteiger partial charge in [-0.15, -0.1) is 11.3 Å². The highest BCUT2D eigenvalue weighted by atomic mass is 32.1. The molecule has 0 saturated carbocycles. The van der Waals surface area contributed by atoms with E-state index < -0.39 is 0 Å². The Bertz CT molecular complexity index is 588. The molecule has 1 N–H and O–H groups in total. The minimum atomic E-state index is -0.172. The molecule has 1 aromatic carbocycles. The lowest BCUT2D eigenvalue weighted by Gasteiger charge is -2.21. The molecule has 0 bridgehead atoms. The summed E-state index contributed by atoms with van der Waals surface area (Å²) in [4.78, 5) is 6.12. The van der Waals surface area contributed by atoms with Gasteiger partial charge in [-0.25, -0.2) is 9.37 Å². The van der Waals surface area contributed by atoms with Gasteiger partial charge < -0.3 is 5.32 Å². The first-order valence-electron chi connectivity index (χ1n) is 7.14. The van der Waals surface area contributed by atoms with Gasteiger partial charge >= 0.3 is 0 Å². The number of hydrogen-bond donors (Lipinski definition) is 1. The number of hydrogen-bond acceptors (Lipinski definition) is 3. The highest BCUT2D eigenvalue weighted by Crippen LogP contribution is 2.33. The number of nitrogens with one attached hydrogen (secondary N) is 1. The second-order valence-corrected chi connectivity index (χ2v) is 6.50. The van der Waals surface area contributed by atoms with Crippen molar-refractivity contribution in [3.8, 4) is 0 Å². The monoisotopic (exact) mass is 290 g/mol. The third-order valence-corrected chi connectivity index (χ3v) is 5.15. The van der Waals surface area contributed by atoms with Gasteiger partial charge in [-0.05, 0) is 56.5 Å². The molecule has 0 amide bonds. The fourth-order valence-electron chi connectivity index (χ4n) is 2.83. The van der Waals surface area contributed by atoms with E-state index in [2.05, 4.69) is 17.2 Å². The SMILES string of the molecule is Cc1nc(Cc2cccc(F)c2)sc1C1CCNCC1. The molecule has 2 aromatic rings. The average Bonchev–Trinajstić information content (AvgIpc) is 2.80. The van der Waals surface area contributed by atoms with Gasteiger partial charge in [0.2, 0.25) is 0 Å². The van der Waals surface area contributed by atoms with Crippen molar-refractivity contribution in [2.45, 2.75) is 32.1 Å². The average molecular weight is 290 g/mol. The van der Waals surface area contributed by atoms with Gasteiger partial charge in [-0.2, -0.15) is 0 Å². The summed E-state index contributed by atoms with van der Waals surface area (Å²) < 4.78 is 13.2. The number of rotatable bonds is 3. The van der Waals surface area contributed by atoms with Gasteiger partial charge in [0, 0.05) is 11.3 Å². The van der Waals surface area contributed by atoms with E-state index in [0.29, 0.717) is 5.92 Å². The molecule has 1 aliphatic rings. The van der Waals surface area contributed by atoms with Crippen molar-refractivity contribution < 1.29 is 4.39 Å². The number of aromatic nitrogens is 1. The summed E-state index contributed by atoms with van der Waals surface area (Å²) in [7, 11) is 0. The highest BCUT2D eigenvalue weighted by Gasteiger charge is 2.20. The highest BCUT2D eigenvalue weighted by molar-refractivity contribution is 7.11. The number of benzene rings is 1. The van der Waals surface area contributed by atoms with Crippen molar-refractivity contribution in [1.29, 1.82) is 0 Å². The summed E-state index contributed by atoms with van der Waals surface area (Å²) in [6.07, 6.45) is 3.12. The molecule has 0 aliphatic carbocycles. The van der Waals surface area contributed by atoms with Gasteiger partial charge in [0.05, 0.1) is 10.7 Å². The molecular formula is C16H19FN2S. The summed E-state index contributed by atoms with van der Waals surface area (Å²) >= 11 is 1.81. The van der Waals surface area contributed by atoms with Crippen LogP contribution in [0.1, 0.15) is 39.9 Å². The van der Waals surface area contributed by atoms with Gasteiger partial charge in [0.25, 0.3) is 0 Å².